The van der Waals surface area contributed by atoms with Crippen LogP contribution in [0.2, 0.25) is 5.02 Å². The number of hydrogen-bond acceptors (Lipinski definition) is 2. The highest BCUT2D eigenvalue weighted by Gasteiger charge is 2.09. The van der Waals surface area contributed by atoms with Gasteiger partial charge in [0, 0.05) is 30.7 Å². The summed E-state index contributed by atoms with van der Waals surface area (Å²) in [6.07, 6.45) is 0.279. The van der Waals surface area contributed by atoms with Crippen molar-refractivity contribution in [2.45, 2.75) is 12.5 Å². The van der Waals surface area contributed by atoms with Crippen LogP contribution in [0.15, 0.2) is 54.6 Å². The van der Waals surface area contributed by atoms with Gasteiger partial charge in [0.05, 0.1) is 6.10 Å². The molecule has 3 heteroatoms. The van der Waals surface area contributed by atoms with Crippen molar-refractivity contribution in [3.63, 3.8) is 0 Å². The summed E-state index contributed by atoms with van der Waals surface area (Å²) in [5, 5.41) is 10.8. The third-order valence-electron chi connectivity index (χ3n) is 3.07. The molecule has 2 aromatic carbocycles. The van der Waals surface area contributed by atoms with Crippen molar-refractivity contribution in [2.75, 3.05) is 18.5 Å². The molecule has 0 amide bonds. The SMILES string of the molecule is CN(CC(O)Cc1ccccc1)c1ccc(Cl)cc1. The maximum atomic E-state index is 10.1. The molecule has 0 bridgehead atoms. The Balaban J connectivity index is 1.91. The molecule has 0 aliphatic heterocycles. The Morgan fingerprint density at radius 3 is 2.32 bits per heavy atom. The van der Waals surface area contributed by atoms with E-state index in [4.69, 9.17) is 11.6 Å². The third kappa shape index (κ3) is 4.27. The van der Waals surface area contributed by atoms with E-state index in [-0.39, 0.29) is 6.10 Å². The molecule has 0 aliphatic carbocycles. The number of likely N-dealkylation sites (N-methyl/N-ethyl adjacent to an activating group) is 1. The fourth-order valence-corrected chi connectivity index (χ4v) is 2.19. The highest BCUT2D eigenvalue weighted by atomic mass is 35.5. The molecule has 0 aromatic heterocycles. The lowest BCUT2D eigenvalue weighted by molar-refractivity contribution is 0.182. The van der Waals surface area contributed by atoms with E-state index in [9.17, 15) is 5.11 Å². The van der Waals surface area contributed by atoms with Gasteiger partial charge >= 0.3 is 0 Å². The average Bonchev–Trinajstić information content (AvgIpc) is 2.40. The Kier molecular flexibility index (Phi) is 4.83. The molecule has 100 valence electrons. The molecule has 0 saturated carbocycles. The Morgan fingerprint density at radius 1 is 1.05 bits per heavy atom. The van der Waals surface area contributed by atoms with Gasteiger partial charge in [-0.25, -0.2) is 0 Å². The van der Waals surface area contributed by atoms with Gasteiger partial charge in [-0.05, 0) is 29.8 Å². The maximum absolute atomic E-state index is 10.1. The van der Waals surface area contributed by atoms with Gasteiger partial charge in [-0.3, -0.25) is 0 Å². The monoisotopic (exact) mass is 275 g/mol. The van der Waals surface area contributed by atoms with Crippen LogP contribution >= 0.6 is 11.6 Å². The zero-order valence-corrected chi connectivity index (χ0v) is 11.7. The zero-order valence-electron chi connectivity index (χ0n) is 11.0. The van der Waals surface area contributed by atoms with Crippen LogP contribution in [0.5, 0.6) is 0 Å². The number of benzene rings is 2. The number of anilines is 1. The van der Waals surface area contributed by atoms with Crippen LogP contribution in [0.4, 0.5) is 5.69 Å². The average molecular weight is 276 g/mol. The molecule has 0 aliphatic rings. The van der Waals surface area contributed by atoms with Crippen LogP contribution in [0.25, 0.3) is 0 Å². The predicted octanol–water partition coefficient (Wildman–Crippen LogP) is 3.38. The summed E-state index contributed by atoms with van der Waals surface area (Å²) in [4.78, 5) is 2.03. The van der Waals surface area contributed by atoms with Gasteiger partial charge in [-0.15, -0.1) is 0 Å². The van der Waals surface area contributed by atoms with Gasteiger partial charge in [0.2, 0.25) is 0 Å². The van der Waals surface area contributed by atoms with Crippen molar-refractivity contribution in [3.05, 3.63) is 65.2 Å². The molecule has 1 N–H and O–H groups in total. The van der Waals surface area contributed by atoms with Crippen LogP contribution in [-0.4, -0.2) is 24.8 Å². The summed E-state index contributed by atoms with van der Waals surface area (Å²) in [6, 6.07) is 17.7. The number of rotatable bonds is 5. The van der Waals surface area contributed by atoms with Crippen LogP contribution < -0.4 is 4.90 Å². The second-order valence-electron chi connectivity index (χ2n) is 4.70. The van der Waals surface area contributed by atoms with Crippen molar-refractivity contribution in [2.24, 2.45) is 0 Å². The first kappa shape index (κ1) is 13.9. The van der Waals surface area contributed by atoms with E-state index in [1.165, 1.54) is 0 Å². The number of hydrogen-bond donors (Lipinski definition) is 1. The van der Waals surface area contributed by atoms with Crippen LogP contribution in [-0.2, 0) is 6.42 Å². The summed E-state index contributed by atoms with van der Waals surface area (Å²) in [6.45, 7) is 0.594. The molecule has 0 heterocycles. The Morgan fingerprint density at radius 2 is 1.68 bits per heavy atom. The normalized spacial score (nSPS) is 12.2. The number of nitrogens with zero attached hydrogens (tertiary/aromatic N) is 1. The summed E-state index contributed by atoms with van der Waals surface area (Å²) in [5.41, 5.74) is 2.20. The number of halogens is 1. The molecular formula is C16H18ClNO. The van der Waals surface area contributed by atoms with Gasteiger partial charge in [-0.1, -0.05) is 41.9 Å². The Labute approximate surface area is 119 Å². The third-order valence-corrected chi connectivity index (χ3v) is 3.32. The highest BCUT2D eigenvalue weighted by molar-refractivity contribution is 6.30. The van der Waals surface area contributed by atoms with E-state index in [0.717, 1.165) is 16.3 Å². The second-order valence-corrected chi connectivity index (χ2v) is 5.14. The van der Waals surface area contributed by atoms with E-state index in [0.29, 0.717) is 13.0 Å². The van der Waals surface area contributed by atoms with E-state index in [2.05, 4.69) is 0 Å². The fraction of sp³-hybridized carbons (Fsp3) is 0.250. The van der Waals surface area contributed by atoms with Gasteiger partial charge in [0.1, 0.15) is 0 Å². The summed E-state index contributed by atoms with van der Waals surface area (Å²) in [5.74, 6) is 0. The quantitative estimate of drug-likeness (QED) is 0.904. The molecule has 0 saturated heterocycles. The molecule has 1 unspecified atom stereocenters. The lowest BCUT2D eigenvalue weighted by Gasteiger charge is -2.22. The molecular weight excluding hydrogens is 258 g/mol. The standard InChI is InChI=1S/C16H18ClNO/c1-18(15-9-7-14(17)8-10-15)12-16(19)11-13-5-3-2-4-6-13/h2-10,16,19H,11-12H2,1H3. The van der Waals surface area contributed by atoms with Crippen LogP contribution in [0, 0.1) is 0 Å². The lowest BCUT2D eigenvalue weighted by Crippen LogP contribution is -2.30. The molecule has 2 nitrogen and oxygen atoms in total. The van der Waals surface area contributed by atoms with Crippen molar-refractivity contribution < 1.29 is 5.11 Å². The minimum absolute atomic E-state index is 0.386. The van der Waals surface area contributed by atoms with Crippen molar-refractivity contribution in [1.82, 2.24) is 0 Å². The zero-order chi connectivity index (χ0) is 13.7. The number of aliphatic hydroxyl groups excluding tert-OH is 1. The molecule has 2 rings (SSSR count). The molecule has 0 radical (unpaired) electrons. The van der Waals surface area contributed by atoms with E-state index >= 15 is 0 Å². The summed E-state index contributed by atoms with van der Waals surface area (Å²) in [7, 11) is 1.97. The maximum Gasteiger partial charge on any atom is 0.0755 e. The van der Waals surface area contributed by atoms with Crippen molar-refractivity contribution in [3.8, 4) is 0 Å². The minimum Gasteiger partial charge on any atom is -0.391 e. The molecule has 0 spiro atoms. The fourth-order valence-electron chi connectivity index (χ4n) is 2.07. The van der Waals surface area contributed by atoms with Crippen molar-refractivity contribution in [1.29, 1.82) is 0 Å². The van der Waals surface area contributed by atoms with Crippen LogP contribution in [0.1, 0.15) is 5.56 Å². The van der Waals surface area contributed by atoms with E-state index in [1.807, 2.05) is 66.5 Å². The minimum atomic E-state index is -0.386. The number of aliphatic hydroxyl groups is 1. The lowest BCUT2D eigenvalue weighted by atomic mass is 10.1. The molecule has 19 heavy (non-hydrogen) atoms. The van der Waals surface area contributed by atoms with Gasteiger partial charge in [0.25, 0.3) is 0 Å². The molecule has 2 aromatic rings. The first-order valence-corrected chi connectivity index (χ1v) is 6.71. The Bertz CT molecular complexity index is 498. The van der Waals surface area contributed by atoms with Gasteiger partial charge < -0.3 is 10.0 Å². The molecule has 1 atom stereocenters. The largest absolute Gasteiger partial charge is 0.391 e. The Hall–Kier alpha value is -1.51. The first-order chi connectivity index (χ1) is 9.15. The van der Waals surface area contributed by atoms with Gasteiger partial charge in [-0.2, -0.15) is 0 Å². The molecule has 0 fully saturated rings. The van der Waals surface area contributed by atoms with Crippen molar-refractivity contribution >= 4 is 17.3 Å². The first-order valence-electron chi connectivity index (χ1n) is 6.34. The topological polar surface area (TPSA) is 23.5 Å². The predicted molar refractivity (Wildman–Crippen MR) is 80.9 cm³/mol. The highest BCUT2D eigenvalue weighted by Crippen LogP contribution is 2.17. The second kappa shape index (κ2) is 6.60. The summed E-state index contributed by atoms with van der Waals surface area (Å²) < 4.78 is 0. The van der Waals surface area contributed by atoms with Gasteiger partial charge in [0.15, 0.2) is 0 Å². The van der Waals surface area contributed by atoms with E-state index < -0.39 is 0 Å². The summed E-state index contributed by atoms with van der Waals surface area (Å²) >= 11 is 5.86. The smallest absolute Gasteiger partial charge is 0.0755 e. The van der Waals surface area contributed by atoms with Crippen LogP contribution in [0.3, 0.4) is 0 Å². The van der Waals surface area contributed by atoms with E-state index in [1.54, 1.807) is 0 Å².